The van der Waals surface area contributed by atoms with Gasteiger partial charge in [0.25, 0.3) is 0 Å². The molecular formula is C19H19F3N2O3S2. The van der Waals surface area contributed by atoms with Crippen LogP contribution < -0.4 is 5.32 Å². The summed E-state index contributed by atoms with van der Waals surface area (Å²) in [5, 5.41) is 2.60. The molecule has 0 aromatic heterocycles. The van der Waals surface area contributed by atoms with Crippen molar-refractivity contribution in [2.45, 2.75) is 21.8 Å². The van der Waals surface area contributed by atoms with E-state index in [0.29, 0.717) is 11.1 Å². The Hall–Kier alpha value is -2.30. The van der Waals surface area contributed by atoms with Crippen LogP contribution in [0.4, 0.5) is 13.2 Å². The van der Waals surface area contributed by atoms with Gasteiger partial charge < -0.3 is 5.32 Å². The number of carbonyl (C=O) groups excluding carboxylic acids is 1. The number of alkyl halides is 3. The van der Waals surface area contributed by atoms with Crippen LogP contribution in [0, 0.1) is 0 Å². The van der Waals surface area contributed by atoms with Crippen molar-refractivity contribution < 1.29 is 26.4 Å². The van der Waals surface area contributed by atoms with E-state index in [9.17, 15) is 26.4 Å². The van der Waals surface area contributed by atoms with Crippen LogP contribution in [0.15, 0.2) is 64.4 Å². The average Bonchev–Trinajstić information content (AvgIpc) is 2.64. The summed E-state index contributed by atoms with van der Waals surface area (Å²) in [5.74, 6) is -0.462. The van der Waals surface area contributed by atoms with Gasteiger partial charge in [-0.05, 0) is 47.2 Å². The molecule has 2 aromatic rings. The minimum Gasteiger partial charge on any atom is -0.348 e. The van der Waals surface area contributed by atoms with E-state index in [1.807, 2.05) is 0 Å². The molecule has 0 aliphatic rings. The number of thioether (sulfide) groups is 1. The van der Waals surface area contributed by atoms with Gasteiger partial charge in [0.05, 0.1) is 4.90 Å². The maximum absolute atomic E-state index is 12.3. The van der Waals surface area contributed by atoms with E-state index in [1.54, 1.807) is 18.2 Å². The van der Waals surface area contributed by atoms with Gasteiger partial charge in [0.15, 0.2) is 0 Å². The first-order chi connectivity index (χ1) is 13.5. The van der Waals surface area contributed by atoms with Gasteiger partial charge in [-0.2, -0.15) is 13.2 Å². The molecule has 10 heteroatoms. The molecule has 0 atom stereocenters. The van der Waals surface area contributed by atoms with E-state index in [1.165, 1.54) is 56.6 Å². The lowest BCUT2D eigenvalue weighted by atomic mass is 10.2. The topological polar surface area (TPSA) is 66.5 Å². The predicted molar refractivity (Wildman–Crippen MR) is 107 cm³/mol. The first kappa shape index (κ1) is 23.0. The molecule has 0 saturated carbocycles. The number of amides is 1. The smallest absolute Gasteiger partial charge is 0.348 e. The monoisotopic (exact) mass is 444 g/mol. The predicted octanol–water partition coefficient (Wildman–Crippen LogP) is 3.88. The molecule has 2 rings (SSSR count). The Morgan fingerprint density at radius 1 is 1.10 bits per heavy atom. The summed E-state index contributed by atoms with van der Waals surface area (Å²) in [7, 11) is -0.801. The van der Waals surface area contributed by atoms with Gasteiger partial charge in [0, 0.05) is 31.6 Å². The maximum atomic E-state index is 12.3. The lowest BCUT2D eigenvalue weighted by Gasteiger charge is -2.15. The molecule has 156 valence electrons. The number of rotatable bonds is 7. The van der Waals surface area contributed by atoms with E-state index in [-0.39, 0.29) is 28.1 Å². The molecule has 0 fully saturated rings. The zero-order chi connectivity index (χ0) is 21.7. The molecule has 0 unspecified atom stereocenters. The van der Waals surface area contributed by atoms with Crippen molar-refractivity contribution in [3.8, 4) is 0 Å². The Kier molecular flexibility index (Phi) is 7.50. The van der Waals surface area contributed by atoms with E-state index >= 15 is 0 Å². The fraction of sp³-hybridized carbons (Fsp3) is 0.211. The SMILES string of the molecule is CN(C)S(=O)(=O)c1ccccc1CNC(=O)C=Cc1ccc(SC(F)(F)F)cc1. The van der Waals surface area contributed by atoms with Gasteiger partial charge >= 0.3 is 5.51 Å². The van der Waals surface area contributed by atoms with Gasteiger partial charge in [-0.1, -0.05) is 30.3 Å². The minimum atomic E-state index is -4.35. The standard InChI is InChI=1S/C19H19F3N2O3S2/c1-24(2)29(26,27)17-6-4-3-5-15(17)13-23-18(25)12-9-14-7-10-16(11-8-14)28-19(20,21)22/h3-12H,13H2,1-2H3,(H,23,25). The number of benzene rings is 2. The van der Waals surface area contributed by atoms with Crippen molar-refractivity contribution in [2.75, 3.05) is 14.1 Å². The number of halogens is 3. The highest BCUT2D eigenvalue weighted by atomic mass is 32.2. The molecule has 5 nitrogen and oxygen atoms in total. The minimum absolute atomic E-state index is 0.00752. The Bertz CT molecular complexity index is 987. The highest BCUT2D eigenvalue weighted by Crippen LogP contribution is 2.36. The summed E-state index contributed by atoms with van der Waals surface area (Å²) in [6.45, 7) is 0.00752. The average molecular weight is 445 g/mol. The Labute approximate surface area is 171 Å². The summed E-state index contributed by atoms with van der Waals surface area (Å²) in [4.78, 5) is 12.2. The third-order valence-electron chi connectivity index (χ3n) is 3.73. The van der Waals surface area contributed by atoms with Crippen molar-refractivity contribution in [2.24, 2.45) is 0 Å². The summed E-state index contributed by atoms with van der Waals surface area (Å²) in [6.07, 6.45) is 2.69. The van der Waals surface area contributed by atoms with Crippen LogP contribution in [0.1, 0.15) is 11.1 Å². The molecular weight excluding hydrogens is 425 g/mol. The Morgan fingerprint density at radius 3 is 2.31 bits per heavy atom. The first-order valence-electron chi connectivity index (χ1n) is 8.31. The van der Waals surface area contributed by atoms with Gasteiger partial charge in [-0.25, -0.2) is 12.7 Å². The fourth-order valence-electron chi connectivity index (χ4n) is 2.29. The van der Waals surface area contributed by atoms with Crippen LogP contribution in [0.2, 0.25) is 0 Å². The number of hydrogen-bond donors (Lipinski definition) is 1. The lowest BCUT2D eigenvalue weighted by Crippen LogP contribution is -2.26. The molecule has 0 heterocycles. The maximum Gasteiger partial charge on any atom is 0.446 e. The molecule has 0 aliphatic carbocycles. The first-order valence-corrected chi connectivity index (χ1v) is 10.6. The van der Waals surface area contributed by atoms with E-state index in [0.717, 1.165) is 4.31 Å². The largest absolute Gasteiger partial charge is 0.446 e. The highest BCUT2D eigenvalue weighted by molar-refractivity contribution is 8.00. The number of nitrogens with zero attached hydrogens (tertiary/aromatic N) is 1. The van der Waals surface area contributed by atoms with Crippen LogP contribution in [0.25, 0.3) is 6.08 Å². The van der Waals surface area contributed by atoms with Gasteiger partial charge in [-0.15, -0.1) is 0 Å². The second kappa shape index (κ2) is 9.47. The molecule has 1 N–H and O–H groups in total. The second-order valence-electron chi connectivity index (χ2n) is 6.06. The lowest BCUT2D eigenvalue weighted by molar-refractivity contribution is -0.116. The summed E-state index contributed by atoms with van der Waals surface area (Å²) in [6, 6.07) is 11.9. The van der Waals surface area contributed by atoms with Crippen molar-refractivity contribution in [1.82, 2.24) is 9.62 Å². The van der Waals surface area contributed by atoms with Crippen LogP contribution in [0.3, 0.4) is 0 Å². The number of nitrogens with one attached hydrogen (secondary N) is 1. The van der Waals surface area contributed by atoms with Gasteiger partial charge in [0.2, 0.25) is 15.9 Å². The number of sulfonamides is 1. The molecule has 0 radical (unpaired) electrons. The van der Waals surface area contributed by atoms with Crippen molar-refractivity contribution in [3.05, 3.63) is 65.7 Å². The van der Waals surface area contributed by atoms with Crippen molar-refractivity contribution >= 4 is 33.8 Å². The Balaban J connectivity index is 2.01. The zero-order valence-electron chi connectivity index (χ0n) is 15.6. The quantitative estimate of drug-likeness (QED) is 0.520. The molecule has 0 spiro atoms. The zero-order valence-corrected chi connectivity index (χ0v) is 17.2. The van der Waals surface area contributed by atoms with Crippen LogP contribution in [-0.4, -0.2) is 38.2 Å². The molecule has 0 saturated heterocycles. The fourth-order valence-corrected chi connectivity index (χ4v) is 3.95. The van der Waals surface area contributed by atoms with E-state index < -0.39 is 21.4 Å². The van der Waals surface area contributed by atoms with Crippen LogP contribution in [-0.2, 0) is 21.4 Å². The van der Waals surface area contributed by atoms with Crippen LogP contribution in [0.5, 0.6) is 0 Å². The summed E-state index contributed by atoms with van der Waals surface area (Å²) < 4.78 is 62.8. The van der Waals surface area contributed by atoms with Crippen molar-refractivity contribution in [3.63, 3.8) is 0 Å². The molecule has 2 aromatic carbocycles. The van der Waals surface area contributed by atoms with Crippen molar-refractivity contribution in [1.29, 1.82) is 0 Å². The molecule has 0 aliphatic heterocycles. The molecule has 29 heavy (non-hydrogen) atoms. The number of carbonyl (C=O) groups is 1. The molecule has 1 amide bonds. The highest BCUT2D eigenvalue weighted by Gasteiger charge is 2.28. The normalized spacial score (nSPS) is 12.5. The van der Waals surface area contributed by atoms with E-state index in [2.05, 4.69) is 5.32 Å². The number of hydrogen-bond acceptors (Lipinski definition) is 4. The van der Waals surface area contributed by atoms with Gasteiger partial charge in [-0.3, -0.25) is 4.79 Å². The third-order valence-corrected chi connectivity index (χ3v) is 6.38. The third kappa shape index (κ3) is 6.91. The van der Waals surface area contributed by atoms with Gasteiger partial charge in [0.1, 0.15) is 0 Å². The van der Waals surface area contributed by atoms with E-state index in [4.69, 9.17) is 0 Å². The Morgan fingerprint density at radius 2 is 1.72 bits per heavy atom. The van der Waals surface area contributed by atoms with Crippen LogP contribution >= 0.6 is 11.8 Å². The molecule has 0 bridgehead atoms. The second-order valence-corrected chi connectivity index (χ2v) is 9.32. The summed E-state index contributed by atoms with van der Waals surface area (Å²) >= 11 is -0.211. The summed E-state index contributed by atoms with van der Waals surface area (Å²) in [5.41, 5.74) is -3.35.